The van der Waals surface area contributed by atoms with Crippen molar-refractivity contribution in [2.24, 2.45) is 11.8 Å². The van der Waals surface area contributed by atoms with Gasteiger partial charge in [0.1, 0.15) is 0 Å². The lowest BCUT2D eigenvalue weighted by atomic mass is 9.98. The summed E-state index contributed by atoms with van der Waals surface area (Å²) in [7, 11) is 0. The van der Waals surface area contributed by atoms with E-state index in [4.69, 9.17) is 16.3 Å². The number of carbonyl (C=O) groups excluding carboxylic acids is 2. The number of fused-ring (bicyclic) bond motifs is 1. The molecule has 2 aromatic carbocycles. The predicted molar refractivity (Wildman–Crippen MR) is 140 cm³/mol. The topological polar surface area (TPSA) is 109 Å². The van der Waals surface area contributed by atoms with E-state index in [2.05, 4.69) is 35.6 Å². The summed E-state index contributed by atoms with van der Waals surface area (Å²) in [6.45, 7) is 6.04. The first-order valence-electron chi connectivity index (χ1n) is 12.3. The number of amides is 1. The second-order valence-corrected chi connectivity index (χ2v) is 9.89. The number of nitriles is 1. The van der Waals surface area contributed by atoms with Crippen molar-refractivity contribution in [1.29, 1.82) is 5.26 Å². The number of carbonyl (C=O) groups is 2. The quantitative estimate of drug-likeness (QED) is 0.403. The largest absolute Gasteiger partial charge is 0.448 e. The molecule has 0 saturated carbocycles. The second-order valence-electron chi connectivity index (χ2n) is 9.48. The minimum Gasteiger partial charge on any atom is -0.448 e. The number of anilines is 1. The molecule has 2 N–H and O–H groups in total. The van der Waals surface area contributed by atoms with Crippen LogP contribution in [-0.4, -0.2) is 41.5 Å². The zero-order chi connectivity index (χ0) is 25.7. The Morgan fingerprint density at radius 1 is 1.31 bits per heavy atom. The minimum atomic E-state index is -0.596. The first-order chi connectivity index (χ1) is 17.4. The molecule has 188 valence electrons. The molecule has 0 radical (unpaired) electrons. The molecular weight excluding hydrogens is 478 g/mol. The highest BCUT2D eigenvalue weighted by Crippen LogP contribution is 2.34. The van der Waals surface area contributed by atoms with Gasteiger partial charge in [-0.25, -0.2) is 4.79 Å². The van der Waals surface area contributed by atoms with Gasteiger partial charge in [0, 0.05) is 22.5 Å². The lowest BCUT2D eigenvalue weighted by Crippen LogP contribution is -2.37. The highest BCUT2D eigenvalue weighted by Gasteiger charge is 2.24. The van der Waals surface area contributed by atoms with E-state index in [1.165, 1.54) is 4.68 Å². The zero-order valence-corrected chi connectivity index (χ0v) is 21.3. The normalized spacial score (nSPS) is 15.6. The Labute approximate surface area is 215 Å². The third-order valence-electron chi connectivity index (χ3n) is 6.32. The average molecular weight is 508 g/mol. The van der Waals surface area contributed by atoms with E-state index in [0.29, 0.717) is 46.1 Å². The Morgan fingerprint density at radius 2 is 2.14 bits per heavy atom. The summed E-state index contributed by atoms with van der Waals surface area (Å²) in [6, 6.07) is 12.6. The summed E-state index contributed by atoms with van der Waals surface area (Å²) < 4.78 is 6.66. The molecular formula is C27H30ClN5O3. The Kier molecular flexibility index (Phi) is 8.24. The van der Waals surface area contributed by atoms with Gasteiger partial charge in [0.2, 0.25) is 5.91 Å². The molecule has 9 heteroatoms. The highest BCUT2D eigenvalue weighted by molar-refractivity contribution is 6.33. The number of hydrogen-bond acceptors (Lipinski definition) is 6. The molecule has 2 heterocycles. The fourth-order valence-corrected chi connectivity index (χ4v) is 4.57. The molecule has 1 aliphatic rings. The molecule has 0 bridgehead atoms. The predicted octanol–water partition coefficient (Wildman–Crippen LogP) is 5.59. The van der Waals surface area contributed by atoms with Gasteiger partial charge in [0.25, 0.3) is 0 Å². The van der Waals surface area contributed by atoms with Gasteiger partial charge in [-0.3, -0.25) is 4.79 Å². The van der Waals surface area contributed by atoms with Crippen LogP contribution < -0.4 is 10.6 Å². The fraction of sp³-hybridized carbons (Fsp3) is 0.407. The van der Waals surface area contributed by atoms with Crippen LogP contribution in [-0.2, 0) is 9.53 Å². The summed E-state index contributed by atoms with van der Waals surface area (Å²) in [6.07, 6.45) is 2.83. The Bertz CT molecular complexity index is 1300. The van der Waals surface area contributed by atoms with Crippen LogP contribution in [0.4, 0.5) is 10.6 Å². The van der Waals surface area contributed by atoms with Crippen molar-refractivity contribution in [2.75, 3.05) is 25.0 Å². The number of ether oxygens (including phenoxy) is 1. The van der Waals surface area contributed by atoms with E-state index in [9.17, 15) is 14.9 Å². The van der Waals surface area contributed by atoms with Crippen molar-refractivity contribution >= 4 is 40.3 Å². The third kappa shape index (κ3) is 5.86. The van der Waals surface area contributed by atoms with Crippen LogP contribution in [0.5, 0.6) is 0 Å². The van der Waals surface area contributed by atoms with E-state index >= 15 is 0 Å². The van der Waals surface area contributed by atoms with Gasteiger partial charge in [-0.05, 0) is 74.0 Å². The molecule has 0 unspecified atom stereocenters. The zero-order valence-electron chi connectivity index (χ0n) is 20.5. The van der Waals surface area contributed by atoms with Gasteiger partial charge in [0.05, 0.1) is 29.7 Å². The standard InChI is InChI=1S/C27H30ClN5O3/c1-17(2)5-4-12-36-27(35)33-24-10-8-19(21-13-18(15-29)7-9-23(21)28)14-22(24)25(32-33)31-26(34)20-6-3-11-30-16-20/h7-10,13-14,17,20,30H,3-6,11-12,16H2,1-2H3,(H,31,32,34)/t20-/m1/s1. The molecule has 1 aromatic heterocycles. The lowest BCUT2D eigenvalue weighted by molar-refractivity contribution is -0.120. The Balaban J connectivity index is 1.69. The second kappa shape index (κ2) is 11.5. The van der Waals surface area contributed by atoms with Gasteiger partial charge < -0.3 is 15.4 Å². The van der Waals surface area contributed by atoms with Crippen LogP contribution in [0.25, 0.3) is 22.0 Å². The highest BCUT2D eigenvalue weighted by atomic mass is 35.5. The number of nitrogens with one attached hydrogen (secondary N) is 2. The van der Waals surface area contributed by atoms with Crippen molar-refractivity contribution < 1.29 is 14.3 Å². The maximum atomic E-state index is 13.0. The molecule has 1 saturated heterocycles. The average Bonchev–Trinajstić information content (AvgIpc) is 3.24. The number of hydrogen-bond donors (Lipinski definition) is 2. The number of piperidine rings is 1. The van der Waals surface area contributed by atoms with Gasteiger partial charge in [-0.2, -0.15) is 9.94 Å². The Hall–Kier alpha value is -3.41. The summed E-state index contributed by atoms with van der Waals surface area (Å²) in [5.41, 5.74) is 2.41. The number of nitrogens with zero attached hydrogens (tertiary/aromatic N) is 3. The van der Waals surface area contributed by atoms with Crippen LogP contribution in [0.15, 0.2) is 36.4 Å². The van der Waals surface area contributed by atoms with Crippen LogP contribution >= 0.6 is 11.6 Å². The fourth-order valence-electron chi connectivity index (χ4n) is 4.34. The lowest BCUT2D eigenvalue weighted by Gasteiger charge is -2.21. The maximum Gasteiger partial charge on any atom is 0.435 e. The van der Waals surface area contributed by atoms with Crippen molar-refractivity contribution in [3.63, 3.8) is 0 Å². The van der Waals surface area contributed by atoms with Crippen LogP contribution in [0.1, 0.15) is 45.1 Å². The Morgan fingerprint density at radius 3 is 2.86 bits per heavy atom. The number of halogens is 1. The van der Waals surface area contributed by atoms with Crippen LogP contribution in [0.2, 0.25) is 5.02 Å². The molecule has 36 heavy (non-hydrogen) atoms. The maximum absolute atomic E-state index is 13.0. The van der Waals surface area contributed by atoms with E-state index < -0.39 is 6.09 Å². The van der Waals surface area contributed by atoms with Gasteiger partial charge in [-0.1, -0.05) is 31.5 Å². The third-order valence-corrected chi connectivity index (χ3v) is 6.65. The van der Waals surface area contributed by atoms with Gasteiger partial charge in [-0.15, -0.1) is 5.10 Å². The van der Waals surface area contributed by atoms with Gasteiger partial charge >= 0.3 is 6.09 Å². The molecule has 1 atom stereocenters. The van der Waals surface area contributed by atoms with Crippen molar-refractivity contribution in [2.45, 2.75) is 39.5 Å². The van der Waals surface area contributed by atoms with Gasteiger partial charge in [0.15, 0.2) is 5.82 Å². The molecule has 4 rings (SSSR count). The van der Waals surface area contributed by atoms with E-state index in [1.807, 2.05) is 12.1 Å². The molecule has 0 aliphatic carbocycles. The molecule has 0 spiro atoms. The smallest absolute Gasteiger partial charge is 0.435 e. The van der Waals surface area contributed by atoms with E-state index in [1.54, 1.807) is 24.3 Å². The monoisotopic (exact) mass is 507 g/mol. The van der Waals surface area contributed by atoms with Crippen LogP contribution in [0, 0.1) is 23.2 Å². The summed E-state index contributed by atoms with van der Waals surface area (Å²) in [5, 5.41) is 21.0. The minimum absolute atomic E-state index is 0.144. The summed E-state index contributed by atoms with van der Waals surface area (Å²) in [5.74, 6) is 0.491. The van der Waals surface area contributed by atoms with E-state index in [-0.39, 0.29) is 17.6 Å². The molecule has 1 amide bonds. The molecule has 3 aromatic rings. The van der Waals surface area contributed by atoms with E-state index in [0.717, 1.165) is 37.8 Å². The number of rotatable bonds is 7. The molecule has 8 nitrogen and oxygen atoms in total. The number of benzene rings is 2. The molecule has 1 fully saturated rings. The van der Waals surface area contributed by atoms with Crippen LogP contribution in [0.3, 0.4) is 0 Å². The molecule has 1 aliphatic heterocycles. The number of aromatic nitrogens is 2. The first kappa shape index (κ1) is 25.7. The van der Waals surface area contributed by atoms with Crippen molar-refractivity contribution in [3.8, 4) is 17.2 Å². The summed E-state index contributed by atoms with van der Waals surface area (Å²) in [4.78, 5) is 25.9. The summed E-state index contributed by atoms with van der Waals surface area (Å²) >= 11 is 6.43. The van der Waals surface area contributed by atoms with Crippen molar-refractivity contribution in [1.82, 2.24) is 15.1 Å². The SMILES string of the molecule is CC(C)CCCOC(=O)n1nc(NC(=O)[C@@H]2CCCNC2)c2cc(-c3cc(C#N)ccc3Cl)ccc21. The van der Waals surface area contributed by atoms with Crippen molar-refractivity contribution in [3.05, 3.63) is 47.0 Å². The first-order valence-corrected chi connectivity index (χ1v) is 12.7.